The molecule has 0 saturated heterocycles. The number of carbonyl (C=O) groups excluding carboxylic acids is 2. The third-order valence-electron chi connectivity index (χ3n) is 5.21. The molecule has 10 heteroatoms. The number of allylic oxidation sites excluding steroid dienone is 1. The van der Waals surface area contributed by atoms with Gasteiger partial charge in [-0.1, -0.05) is 73.1 Å². The first kappa shape index (κ1) is 26.8. The van der Waals surface area contributed by atoms with Crippen LogP contribution in [0.15, 0.2) is 60.3 Å². The number of anilines is 1. The van der Waals surface area contributed by atoms with Crippen LogP contribution in [0, 0.1) is 12.8 Å². The molecule has 35 heavy (non-hydrogen) atoms. The zero-order valence-corrected chi connectivity index (χ0v) is 22.0. The van der Waals surface area contributed by atoms with Gasteiger partial charge in [-0.15, -0.1) is 16.8 Å². The van der Waals surface area contributed by atoms with E-state index in [-0.39, 0.29) is 23.5 Å². The molecule has 0 fully saturated rings. The lowest BCUT2D eigenvalue weighted by Gasteiger charge is -2.23. The molecule has 0 aliphatic rings. The molecule has 0 radical (unpaired) electrons. The van der Waals surface area contributed by atoms with Crippen molar-refractivity contribution in [3.8, 4) is 0 Å². The highest BCUT2D eigenvalue weighted by atomic mass is 35.5. The van der Waals surface area contributed by atoms with E-state index in [0.29, 0.717) is 38.8 Å². The molecule has 1 atom stereocenters. The predicted molar refractivity (Wildman–Crippen MR) is 142 cm³/mol. The molecule has 0 aliphatic heterocycles. The third kappa shape index (κ3) is 6.87. The Labute approximate surface area is 219 Å². The predicted octanol–water partition coefficient (Wildman–Crippen LogP) is 5.94. The molecule has 1 heterocycles. The van der Waals surface area contributed by atoms with Gasteiger partial charge in [0.15, 0.2) is 11.0 Å². The van der Waals surface area contributed by atoms with Crippen LogP contribution in [0.25, 0.3) is 0 Å². The van der Waals surface area contributed by atoms with Crippen molar-refractivity contribution in [2.24, 2.45) is 5.92 Å². The lowest BCUT2D eigenvalue weighted by molar-refractivity contribution is -0.113. The second-order valence-electron chi connectivity index (χ2n) is 8.21. The second-order valence-corrected chi connectivity index (χ2v) is 10.00. The summed E-state index contributed by atoms with van der Waals surface area (Å²) in [6.45, 7) is 10.1. The minimum atomic E-state index is -0.427. The van der Waals surface area contributed by atoms with Crippen molar-refractivity contribution in [3.63, 3.8) is 0 Å². The van der Waals surface area contributed by atoms with E-state index in [9.17, 15) is 9.59 Å². The standard InChI is InChI=1S/C25H27Cl2N5O2S/c1-5-12-32-23(22(15(2)3)29-24(34)18-8-6-7-9-19(18)27)30-31-25(32)35-14-21(33)28-20-13-17(26)11-10-16(20)4/h5-11,13,15,22H,1,12,14H2,2-4H3,(H,28,33)(H,29,34)/t22-/m0/s1. The fraction of sp³-hybridized carbons (Fsp3) is 0.280. The first-order valence-electron chi connectivity index (χ1n) is 11.0. The van der Waals surface area contributed by atoms with Gasteiger partial charge in [-0.3, -0.25) is 9.59 Å². The van der Waals surface area contributed by atoms with Gasteiger partial charge in [0.2, 0.25) is 5.91 Å². The van der Waals surface area contributed by atoms with Crippen LogP contribution < -0.4 is 10.6 Å². The van der Waals surface area contributed by atoms with E-state index in [1.54, 1.807) is 42.5 Å². The maximum atomic E-state index is 12.9. The Bertz CT molecular complexity index is 1230. The van der Waals surface area contributed by atoms with Crippen LogP contribution in [0.3, 0.4) is 0 Å². The Kier molecular flexibility index (Phi) is 9.37. The largest absolute Gasteiger partial charge is 0.342 e. The summed E-state index contributed by atoms with van der Waals surface area (Å²) in [6.07, 6.45) is 1.72. The smallest absolute Gasteiger partial charge is 0.253 e. The Morgan fingerprint density at radius 2 is 1.91 bits per heavy atom. The Balaban J connectivity index is 1.77. The van der Waals surface area contributed by atoms with Gasteiger partial charge in [-0.25, -0.2) is 0 Å². The number of hydrogen-bond donors (Lipinski definition) is 2. The summed E-state index contributed by atoms with van der Waals surface area (Å²) in [7, 11) is 0. The summed E-state index contributed by atoms with van der Waals surface area (Å²) in [5.41, 5.74) is 1.97. The van der Waals surface area contributed by atoms with Gasteiger partial charge in [0.05, 0.1) is 22.4 Å². The molecule has 2 amide bonds. The highest BCUT2D eigenvalue weighted by molar-refractivity contribution is 7.99. The van der Waals surface area contributed by atoms with Crippen LogP contribution >= 0.6 is 35.0 Å². The van der Waals surface area contributed by atoms with E-state index >= 15 is 0 Å². The van der Waals surface area contributed by atoms with E-state index in [4.69, 9.17) is 23.2 Å². The molecule has 0 bridgehead atoms. The van der Waals surface area contributed by atoms with Crippen molar-refractivity contribution >= 4 is 52.5 Å². The zero-order chi connectivity index (χ0) is 25.5. The molecule has 2 N–H and O–H groups in total. The van der Waals surface area contributed by atoms with Gasteiger partial charge >= 0.3 is 0 Å². The zero-order valence-electron chi connectivity index (χ0n) is 19.7. The van der Waals surface area contributed by atoms with Crippen LogP contribution in [0.2, 0.25) is 10.0 Å². The first-order chi connectivity index (χ1) is 16.7. The second kappa shape index (κ2) is 12.2. The van der Waals surface area contributed by atoms with E-state index < -0.39 is 6.04 Å². The Morgan fingerprint density at radius 1 is 1.17 bits per heavy atom. The monoisotopic (exact) mass is 531 g/mol. The van der Waals surface area contributed by atoms with Gasteiger partial charge in [0.1, 0.15) is 0 Å². The number of aryl methyl sites for hydroxylation is 1. The normalized spacial score (nSPS) is 11.8. The van der Waals surface area contributed by atoms with Crippen LogP contribution in [0.5, 0.6) is 0 Å². The number of benzene rings is 2. The van der Waals surface area contributed by atoms with Crippen molar-refractivity contribution in [2.45, 2.75) is 38.5 Å². The van der Waals surface area contributed by atoms with Crippen molar-refractivity contribution in [3.05, 3.63) is 82.1 Å². The van der Waals surface area contributed by atoms with Crippen LogP contribution in [-0.2, 0) is 11.3 Å². The fourth-order valence-corrected chi connectivity index (χ4v) is 4.53. The number of halogens is 2. The van der Waals surface area contributed by atoms with Crippen molar-refractivity contribution < 1.29 is 9.59 Å². The van der Waals surface area contributed by atoms with Crippen molar-refractivity contribution in [1.82, 2.24) is 20.1 Å². The topological polar surface area (TPSA) is 88.9 Å². The lowest BCUT2D eigenvalue weighted by Crippen LogP contribution is -2.34. The molecular weight excluding hydrogens is 505 g/mol. The van der Waals surface area contributed by atoms with Gasteiger partial charge in [0.25, 0.3) is 5.91 Å². The van der Waals surface area contributed by atoms with Gasteiger partial charge in [-0.2, -0.15) is 0 Å². The Morgan fingerprint density at radius 3 is 2.60 bits per heavy atom. The summed E-state index contributed by atoms with van der Waals surface area (Å²) in [5, 5.41) is 16.0. The maximum absolute atomic E-state index is 12.9. The van der Waals surface area contributed by atoms with E-state index in [0.717, 1.165) is 5.56 Å². The van der Waals surface area contributed by atoms with Crippen LogP contribution in [0.4, 0.5) is 5.69 Å². The lowest BCUT2D eigenvalue weighted by atomic mass is 10.0. The molecule has 2 aromatic carbocycles. The number of nitrogens with zero attached hydrogens (tertiary/aromatic N) is 3. The molecule has 0 spiro atoms. The third-order valence-corrected chi connectivity index (χ3v) is 6.74. The number of hydrogen-bond acceptors (Lipinski definition) is 5. The highest BCUT2D eigenvalue weighted by Gasteiger charge is 2.27. The number of aromatic nitrogens is 3. The van der Waals surface area contributed by atoms with Crippen molar-refractivity contribution in [1.29, 1.82) is 0 Å². The number of amides is 2. The number of carbonyl (C=O) groups is 2. The molecule has 0 saturated carbocycles. The minimum Gasteiger partial charge on any atom is -0.342 e. The van der Waals surface area contributed by atoms with E-state index in [1.807, 2.05) is 31.4 Å². The van der Waals surface area contributed by atoms with Crippen molar-refractivity contribution in [2.75, 3.05) is 11.1 Å². The quantitative estimate of drug-likeness (QED) is 0.249. The molecule has 184 valence electrons. The molecule has 0 unspecified atom stereocenters. The highest BCUT2D eigenvalue weighted by Crippen LogP contribution is 2.27. The van der Waals surface area contributed by atoms with E-state index in [1.165, 1.54) is 11.8 Å². The Hall–Kier alpha value is -2.81. The summed E-state index contributed by atoms with van der Waals surface area (Å²) in [4.78, 5) is 25.5. The number of nitrogens with one attached hydrogen (secondary N) is 2. The molecular formula is C25H27Cl2N5O2S. The van der Waals surface area contributed by atoms with Gasteiger partial charge in [0, 0.05) is 17.3 Å². The van der Waals surface area contributed by atoms with Crippen LogP contribution in [0.1, 0.15) is 41.6 Å². The molecule has 3 rings (SSSR count). The summed E-state index contributed by atoms with van der Waals surface area (Å²) in [5.74, 6) is 0.227. The summed E-state index contributed by atoms with van der Waals surface area (Å²) >= 11 is 13.5. The summed E-state index contributed by atoms with van der Waals surface area (Å²) in [6, 6.07) is 11.8. The van der Waals surface area contributed by atoms with Crippen LogP contribution in [-0.4, -0.2) is 32.3 Å². The molecule has 3 aromatic rings. The van der Waals surface area contributed by atoms with Gasteiger partial charge < -0.3 is 15.2 Å². The average Bonchev–Trinajstić information content (AvgIpc) is 3.20. The SMILES string of the molecule is C=CCn1c(SCC(=O)Nc2cc(Cl)ccc2C)nnc1[C@@H](NC(=O)c1ccccc1Cl)C(C)C. The molecule has 7 nitrogen and oxygen atoms in total. The first-order valence-corrected chi connectivity index (χ1v) is 12.7. The van der Waals surface area contributed by atoms with Gasteiger partial charge in [-0.05, 0) is 42.7 Å². The average molecular weight is 532 g/mol. The number of rotatable bonds is 10. The summed E-state index contributed by atoms with van der Waals surface area (Å²) < 4.78 is 1.85. The van der Waals surface area contributed by atoms with E-state index in [2.05, 4.69) is 27.4 Å². The minimum absolute atomic E-state index is 0.0150. The fourth-order valence-electron chi connectivity index (χ4n) is 3.38. The molecule has 0 aliphatic carbocycles. The number of thioether (sulfide) groups is 1. The maximum Gasteiger partial charge on any atom is 0.253 e. The molecule has 1 aromatic heterocycles.